The molecule has 3 heteroatoms. The Morgan fingerprint density at radius 1 is 0.800 bits per heavy atom. The number of nitrogens with one attached hydrogen (secondary N) is 1. The number of nitrogens with zero attached hydrogens (tertiary/aromatic N) is 1. The number of hydrogen-bond donors (Lipinski definition) is 1. The summed E-state index contributed by atoms with van der Waals surface area (Å²) in [5.74, 6) is 1.28. The summed E-state index contributed by atoms with van der Waals surface area (Å²) < 4.78 is 0. The zero-order valence-corrected chi connectivity index (χ0v) is 21.5. The summed E-state index contributed by atoms with van der Waals surface area (Å²) in [5.41, 5.74) is 5.74. The first-order valence-corrected chi connectivity index (χ1v) is 13.4. The Hall–Kier alpha value is -2.91. The summed E-state index contributed by atoms with van der Waals surface area (Å²) in [6.07, 6.45) is 6.33. The minimum absolute atomic E-state index is 0.0403. The van der Waals surface area contributed by atoms with Crippen molar-refractivity contribution in [2.75, 3.05) is 18.4 Å². The fourth-order valence-corrected chi connectivity index (χ4v) is 5.89. The maximum absolute atomic E-state index is 12.7. The van der Waals surface area contributed by atoms with Crippen molar-refractivity contribution in [2.45, 2.75) is 70.8 Å². The zero-order chi connectivity index (χ0) is 24.6. The molecule has 2 atom stereocenters. The molecule has 184 valence electrons. The fourth-order valence-electron chi connectivity index (χ4n) is 5.89. The van der Waals surface area contributed by atoms with Crippen LogP contribution in [0.1, 0.15) is 84.8 Å². The summed E-state index contributed by atoms with van der Waals surface area (Å²) in [7, 11) is 0. The van der Waals surface area contributed by atoms with Gasteiger partial charge in [-0.3, -0.25) is 4.79 Å². The number of carbonyl (C=O) groups is 1. The van der Waals surface area contributed by atoms with E-state index in [1.807, 2.05) is 50.2 Å². The van der Waals surface area contributed by atoms with E-state index in [0.717, 1.165) is 17.2 Å². The van der Waals surface area contributed by atoms with Crippen LogP contribution in [0.5, 0.6) is 0 Å². The summed E-state index contributed by atoms with van der Waals surface area (Å²) in [6.45, 7) is 8.59. The molecule has 0 spiro atoms. The van der Waals surface area contributed by atoms with Crippen LogP contribution < -0.4 is 5.32 Å². The van der Waals surface area contributed by atoms with Gasteiger partial charge in [0.25, 0.3) is 5.91 Å². The zero-order valence-electron chi connectivity index (χ0n) is 21.5. The molecule has 2 unspecified atom stereocenters. The van der Waals surface area contributed by atoms with E-state index < -0.39 is 0 Å². The van der Waals surface area contributed by atoms with E-state index in [1.54, 1.807) is 0 Å². The van der Waals surface area contributed by atoms with Crippen LogP contribution in [0.2, 0.25) is 0 Å². The molecule has 1 amide bonds. The average molecular weight is 469 g/mol. The molecule has 0 aromatic heterocycles. The highest BCUT2D eigenvalue weighted by Gasteiger charge is 2.33. The SMILES string of the molecule is CC.Cc1cc(C(=O)Nc2ccccc2)ccc1C1CCC(N2CCC(c3ccccc3)CC2)C1. The first kappa shape index (κ1) is 25.2. The van der Waals surface area contributed by atoms with E-state index in [4.69, 9.17) is 0 Å². The van der Waals surface area contributed by atoms with Crippen molar-refractivity contribution in [3.05, 3.63) is 101 Å². The summed E-state index contributed by atoms with van der Waals surface area (Å²) >= 11 is 0. The number of likely N-dealkylation sites (tertiary alicyclic amines) is 1. The highest BCUT2D eigenvalue weighted by atomic mass is 16.1. The Morgan fingerprint density at radius 3 is 2.11 bits per heavy atom. The van der Waals surface area contributed by atoms with Gasteiger partial charge in [-0.25, -0.2) is 0 Å². The Balaban J connectivity index is 0.00000141. The fraction of sp³-hybridized carbons (Fsp3) is 0.406. The van der Waals surface area contributed by atoms with Gasteiger partial charge in [0.2, 0.25) is 0 Å². The van der Waals surface area contributed by atoms with Crippen LogP contribution in [0.4, 0.5) is 5.69 Å². The van der Waals surface area contributed by atoms with Gasteiger partial charge in [-0.05, 0) is 105 Å². The van der Waals surface area contributed by atoms with E-state index in [2.05, 4.69) is 59.6 Å². The minimum atomic E-state index is -0.0403. The normalized spacial score (nSPS) is 20.7. The van der Waals surface area contributed by atoms with E-state index in [1.165, 1.54) is 61.9 Å². The van der Waals surface area contributed by atoms with Crippen molar-refractivity contribution in [3.8, 4) is 0 Å². The molecule has 35 heavy (non-hydrogen) atoms. The number of benzene rings is 3. The van der Waals surface area contributed by atoms with Gasteiger partial charge in [0.15, 0.2) is 0 Å². The van der Waals surface area contributed by atoms with Gasteiger partial charge in [-0.1, -0.05) is 68.4 Å². The lowest BCUT2D eigenvalue weighted by Gasteiger charge is -2.36. The topological polar surface area (TPSA) is 32.3 Å². The first-order valence-electron chi connectivity index (χ1n) is 13.4. The van der Waals surface area contributed by atoms with E-state index in [9.17, 15) is 4.79 Å². The minimum Gasteiger partial charge on any atom is -0.322 e. The number of hydrogen-bond acceptors (Lipinski definition) is 2. The van der Waals surface area contributed by atoms with Crippen molar-refractivity contribution < 1.29 is 4.79 Å². The number of aryl methyl sites for hydroxylation is 1. The van der Waals surface area contributed by atoms with Crippen LogP contribution >= 0.6 is 0 Å². The molecule has 3 aromatic carbocycles. The molecule has 2 aliphatic rings. The van der Waals surface area contributed by atoms with Gasteiger partial charge < -0.3 is 10.2 Å². The van der Waals surface area contributed by atoms with Crippen LogP contribution in [0, 0.1) is 6.92 Å². The van der Waals surface area contributed by atoms with Crippen LogP contribution in [-0.4, -0.2) is 29.9 Å². The summed E-state index contributed by atoms with van der Waals surface area (Å²) in [5, 5.41) is 2.99. The van der Waals surface area contributed by atoms with Crippen molar-refractivity contribution >= 4 is 11.6 Å². The molecule has 3 nitrogen and oxygen atoms in total. The molecule has 1 saturated carbocycles. The Bertz CT molecular complexity index is 1070. The predicted molar refractivity (Wildman–Crippen MR) is 147 cm³/mol. The van der Waals surface area contributed by atoms with Crippen molar-refractivity contribution in [1.82, 2.24) is 4.90 Å². The van der Waals surface area contributed by atoms with Crippen molar-refractivity contribution in [2.24, 2.45) is 0 Å². The number of anilines is 1. The number of carbonyl (C=O) groups excluding carboxylic acids is 1. The quantitative estimate of drug-likeness (QED) is 0.414. The molecule has 1 N–H and O–H groups in total. The van der Waals surface area contributed by atoms with Crippen molar-refractivity contribution in [3.63, 3.8) is 0 Å². The molecule has 1 aliphatic carbocycles. The van der Waals surface area contributed by atoms with Crippen LogP contribution in [0.25, 0.3) is 0 Å². The third-order valence-electron chi connectivity index (χ3n) is 7.73. The molecule has 1 aliphatic heterocycles. The van der Waals surface area contributed by atoms with Gasteiger partial charge in [0.05, 0.1) is 0 Å². The van der Waals surface area contributed by atoms with Gasteiger partial charge in [0.1, 0.15) is 0 Å². The smallest absolute Gasteiger partial charge is 0.255 e. The Morgan fingerprint density at radius 2 is 1.46 bits per heavy atom. The average Bonchev–Trinajstić information content (AvgIpc) is 3.41. The monoisotopic (exact) mass is 468 g/mol. The Kier molecular flexibility index (Phi) is 8.76. The van der Waals surface area contributed by atoms with E-state index >= 15 is 0 Å². The lowest BCUT2D eigenvalue weighted by atomic mass is 9.88. The molecule has 5 rings (SSSR count). The molecule has 3 aromatic rings. The molecule has 2 fully saturated rings. The third kappa shape index (κ3) is 6.21. The summed E-state index contributed by atoms with van der Waals surface area (Å²) in [6, 6.07) is 27.6. The second kappa shape index (κ2) is 12.2. The third-order valence-corrected chi connectivity index (χ3v) is 7.73. The van der Waals surface area contributed by atoms with E-state index in [0.29, 0.717) is 12.0 Å². The standard InChI is InChI=1S/C30H34N2O.C2H6/c1-22-20-26(30(33)31-27-10-6-3-7-11-27)13-15-29(22)25-12-14-28(21-25)32-18-16-24(17-19-32)23-8-4-2-5-9-23;1-2/h2-11,13,15,20,24-25,28H,12,14,16-19,21H2,1H3,(H,31,33);1-2H3. The first-order chi connectivity index (χ1) is 17.2. The number of rotatable bonds is 5. The largest absolute Gasteiger partial charge is 0.322 e. The molecule has 1 heterocycles. The second-order valence-electron chi connectivity index (χ2n) is 9.78. The summed E-state index contributed by atoms with van der Waals surface area (Å²) in [4.78, 5) is 15.4. The highest BCUT2D eigenvalue weighted by Crippen LogP contribution is 2.40. The van der Waals surface area contributed by atoms with Crippen LogP contribution in [0.3, 0.4) is 0 Å². The number of para-hydroxylation sites is 1. The molecule has 0 radical (unpaired) electrons. The number of amides is 1. The lowest BCUT2D eigenvalue weighted by molar-refractivity contribution is 0.102. The second-order valence-corrected chi connectivity index (χ2v) is 9.78. The maximum Gasteiger partial charge on any atom is 0.255 e. The molecule has 0 bridgehead atoms. The lowest BCUT2D eigenvalue weighted by Crippen LogP contribution is -2.39. The van der Waals surface area contributed by atoms with Crippen molar-refractivity contribution in [1.29, 1.82) is 0 Å². The van der Waals surface area contributed by atoms with E-state index in [-0.39, 0.29) is 5.91 Å². The predicted octanol–water partition coefficient (Wildman–Crippen LogP) is 7.79. The maximum atomic E-state index is 12.7. The molecular formula is C32H40N2O. The van der Waals surface area contributed by atoms with Crippen LogP contribution in [0.15, 0.2) is 78.9 Å². The van der Waals surface area contributed by atoms with Gasteiger partial charge in [0, 0.05) is 17.3 Å². The molecule has 1 saturated heterocycles. The van der Waals surface area contributed by atoms with Gasteiger partial charge >= 0.3 is 0 Å². The number of piperidine rings is 1. The van der Waals surface area contributed by atoms with Gasteiger partial charge in [-0.15, -0.1) is 0 Å². The molecular weight excluding hydrogens is 428 g/mol. The Labute approximate surface area is 211 Å². The van der Waals surface area contributed by atoms with Crippen LogP contribution in [-0.2, 0) is 0 Å². The van der Waals surface area contributed by atoms with Gasteiger partial charge in [-0.2, -0.15) is 0 Å². The highest BCUT2D eigenvalue weighted by molar-refractivity contribution is 6.04.